The molecule has 2 rings (SSSR count). The van der Waals surface area contributed by atoms with Crippen molar-refractivity contribution in [3.63, 3.8) is 0 Å². The second-order valence-electron chi connectivity index (χ2n) is 4.46. The number of hydrogen-bond donors (Lipinski definition) is 2. The first-order valence-corrected chi connectivity index (χ1v) is 6.49. The van der Waals surface area contributed by atoms with Gasteiger partial charge in [-0.25, -0.2) is 0 Å². The minimum Gasteiger partial charge on any atom is -0.387 e. The van der Waals surface area contributed by atoms with Gasteiger partial charge >= 0.3 is 0 Å². The molecular formula is C10H19NO2S. The van der Waals surface area contributed by atoms with Crippen molar-refractivity contribution in [2.75, 3.05) is 24.7 Å². The van der Waals surface area contributed by atoms with Crippen LogP contribution in [0.25, 0.3) is 0 Å². The van der Waals surface area contributed by atoms with Gasteiger partial charge in [0.25, 0.3) is 0 Å². The lowest BCUT2D eigenvalue weighted by atomic mass is 9.73. The fourth-order valence-electron chi connectivity index (χ4n) is 2.37. The minimum atomic E-state index is -0.653. The summed E-state index contributed by atoms with van der Waals surface area (Å²) < 4.78 is 5.30. The van der Waals surface area contributed by atoms with Crippen LogP contribution in [0.4, 0.5) is 0 Å². The van der Waals surface area contributed by atoms with Crippen molar-refractivity contribution in [1.82, 2.24) is 0 Å². The maximum absolute atomic E-state index is 10.6. The maximum atomic E-state index is 10.6. The molecule has 2 aliphatic heterocycles. The largest absolute Gasteiger partial charge is 0.387 e. The predicted molar refractivity (Wildman–Crippen MR) is 58.5 cm³/mol. The van der Waals surface area contributed by atoms with Crippen molar-refractivity contribution in [1.29, 1.82) is 0 Å². The Balaban J connectivity index is 2.09. The van der Waals surface area contributed by atoms with Crippen molar-refractivity contribution in [3.05, 3.63) is 0 Å². The molecule has 3 nitrogen and oxygen atoms in total. The lowest BCUT2D eigenvalue weighted by Gasteiger charge is -2.48. The van der Waals surface area contributed by atoms with Gasteiger partial charge in [-0.3, -0.25) is 0 Å². The third kappa shape index (κ3) is 1.81. The van der Waals surface area contributed by atoms with E-state index in [2.05, 4.69) is 0 Å². The lowest BCUT2D eigenvalue weighted by Crippen LogP contribution is -2.65. The molecule has 2 saturated heterocycles. The summed E-state index contributed by atoms with van der Waals surface area (Å²) in [6, 6.07) is 0. The summed E-state index contributed by atoms with van der Waals surface area (Å²) in [4.78, 5) is 0. The van der Waals surface area contributed by atoms with E-state index in [-0.39, 0.29) is 0 Å². The second kappa shape index (κ2) is 4.00. The second-order valence-corrected chi connectivity index (χ2v) is 5.56. The quantitative estimate of drug-likeness (QED) is 0.680. The molecule has 0 saturated carbocycles. The molecule has 0 bridgehead atoms. The van der Waals surface area contributed by atoms with Crippen LogP contribution in [0.5, 0.6) is 0 Å². The SMILES string of the molecule is NC1(C2(O)CCCSC2)CCOCC1. The number of nitrogens with two attached hydrogens (primary N) is 1. The van der Waals surface area contributed by atoms with E-state index in [1.165, 1.54) is 0 Å². The first kappa shape index (κ1) is 10.7. The summed E-state index contributed by atoms with van der Waals surface area (Å²) in [5.41, 5.74) is 5.27. The molecule has 4 heteroatoms. The van der Waals surface area contributed by atoms with Crippen LogP contribution in [-0.2, 0) is 4.74 Å². The van der Waals surface area contributed by atoms with Crippen molar-refractivity contribution in [3.8, 4) is 0 Å². The molecule has 0 aromatic carbocycles. The van der Waals surface area contributed by atoms with Crippen LogP contribution >= 0.6 is 11.8 Å². The Morgan fingerprint density at radius 1 is 1.21 bits per heavy atom. The van der Waals surface area contributed by atoms with Crippen LogP contribution in [-0.4, -0.2) is 41.0 Å². The molecule has 82 valence electrons. The molecule has 0 aromatic heterocycles. The number of ether oxygens (including phenoxy) is 1. The third-order valence-electron chi connectivity index (χ3n) is 3.53. The Kier molecular flexibility index (Phi) is 3.07. The summed E-state index contributed by atoms with van der Waals surface area (Å²) in [6.07, 6.45) is 3.53. The van der Waals surface area contributed by atoms with E-state index < -0.39 is 11.1 Å². The summed E-state index contributed by atoms with van der Waals surface area (Å²) in [7, 11) is 0. The van der Waals surface area contributed by atoms with E-state index in [1.807, 2.05) is 11.8 Å². The summed E-state index contributed by atoms with van der Waals surface area (Å²) >= 11 is 1.82. The van der Waals surface area contributed by atoms with Gasteiger partial charge in [-0.2, -0.15) is 11.8 Å². The molecule has 2 fully saturated rings. The van der Waals surface area contributed by atoms with Gasteiger partial charge < -0.3 is 15.6 Å². The van der Waals surface area contributed by atoms with Gasteiger partial charge in [0, 0.05) is 24.5 Å². The van der Waals surface area contributed by atoms with Crippen LogP contribution in [0.1, 0.15) is 25.7 Å². The Labute approximate surface area is 89.4 Å². The van der Waals surface area contributed by atoms with Gasteiger partial charge in [-0.15, -0.1) is 0 Å². The Bertz CT molecular complexity index is 176. The van der Waals surface area contributed by atoms with Crippen molar-refractivity contribution >= 4 is 11.8 Å². The van der Waals surface area contributed by atoms with E-state index in [0.29, 0.717) is 13.2 Å². The average Bonchev–Trinajstić information content (AvgIpc) is 2.20. The summed E-state index contributed by atoms with van der Waals surface area (Å²) in [6.45, 7) is 1.40. The molecule has 1 unspecified atom stereocenters. The molecule has 0 aromatic rings. The van der Waals surface area contributed by atoms with Crippen LogP contribution in [0, 0.1) is 0 Å². The molecule has 3 N–H and O–H groups in total. The fourth-order valence-corrected chi connectivity index (χ4v) is 3.64. The van der Waals surface area contributed by atoms with E-state index in [0.717, 1.165) is 37.2 Å². The summed E-state index contributed by atoms with van der Waals surface area (Å²) in [5, 5.41) is 10.6. The first-order chi connectivity index (χ1) is 6.66. The van der Waals surface area contributed by atoms with Gasteiger partial charge in [0.05, 0.1) is 5.60 Å². The van der Waals surface area contributed by atoms with Crippen molar-refractivity contribution in [2.24, 2.45) is 5.73 Å². The molecule has 0 radical (unpaired) electrons. The number of thioether (sulfide) groups is 1. The highest BCUT2D eigenvalue weighted by Gasteiger charge is 2.48. The zero-order valence-electron chi connectivity index (χ0n) is 8.50. The first-order valence-electron chi connectivity index (χ1n) is 5.33. The zero-order chi connectivity index (χ0) is 10.1. The maximum Gasteiger partial charge on any atom is 0.0918 e. The summed E-state index contributed by atoms with van der Waals surface area (Å²) in [5.74, 6) is 1.96. The molecule has 1 atom stereocenters. The Morgan fingerprint density at radius 3 is 2.50 bits per heavy atom. The van der Waals surface area contributed by atoms with Gasteiger partial charge in [-0.1, -0.05) is 0 Å². The van der Waals surface area contributed by atoms with Crippen LogP contribution in [0.15, 0.2) is 0 Å². The fraction of sp³-hybridized carbons (Fsp3) is 1.00. The van der Waals surface area contributed by atoms with Crippen LogP contribution in [0.2, 0.25) is 0 Å². The van der Waals surface area contributed by atoms with Crippen LogP contribution in [0.3, 0.4) is 0 Å². The number of aliphatic hydroxyl groups is 1. The van der Waals surface area contributed by atoms with E-state index in [4.69, 9.17) is 10.5 Å². The predicted octanol–water partition coefficient (Wildman–Crippen LogP) is 0.752. The van der Waals surface area contributed by atoms with E-state index in [9.17, 15) is 5.11 Å². The van der Waals surface area contributed by atoms with Gasteiger partial charge in [0.15, 0.2) is 0 Å². The molecular weight excluding hydrogens is 198 g/mol. The van der Waals surface area contributed by atoms with E-state index >= 15 is 0 Å². The Morgan fingerprint density at radius 2 is 1.93 bits per heavy atom. The zero-order valence-corrected chi connectivity index (χ0v) is 9.31. The third-order valence-corrected chi connectivity index (χ3v) is 4.79. The highest BCUT2D eigenvalue weighted by atomic mass is 32.2. The monoisotopic (exact) mass is 217 g/mol. The number of rotatable bonds is 1. The lowest BCUT2D eigenvalue weighted by molar-refractivity contribution is -0.0744. The molecule has 2 aliphatic rings. The molecule has 0 spiro atoms. The molecule has 2 heterocycles. The highest BCUT2D eigenvalue weighted by Crippen LogP contribution is 2.39. The molecule has 0 aliphatic carbocycles. The molecule has 0 amide bonds. The van der Waals surface area contributed by atoms with E-state index in [1.54, 1.807) is 0 Å². The van der Waals surface area contributed by atoms with Gasteiger partial charge in [0.2, 0.25) is 0 Å². The standard InChI is InChI=1S/C10H19NO2S/c11-9(3-5-13-6-4-9)10(12)2-1-7-14-8-10/h12H,1-8,11H2. The molecule has 14 heavy (non-hydrogen) atoms. The average molecular weight is 217 g/mol. The topological polar surface area (TPSA) is 55.5 Å². The van der Waals surface area contributed by atoms with Gasteiger partial charge in [-0.05, 0) is 31.4 Å². The Hall–Kier alpha value is 0.230. The smallest absolute Gasteiger partial charge is 0.0918 e. The minimum absolute atomic E-state index is 0.404. The van der Waals surface area contributed by atoms with Crippen molar-refractivity contribution in [2.45, 2.75) is 36.8 Å². The van der Waals surface area contributed by atoms with Gasteiger partial charge in [0.1, 0.15) is 0 Å². The normalized spacial score (nSPS) is 38.1. The number of hydrogen-bond acceptors (Lipinski definition) is 4. The highest BCUT2D eigenvalue weighted by molar-refractivity contribution is 7.99. The van der Waals surface area contributed by atoms with Crippen LogP contribution < -0.4 is 5.73 Å². The van der Waals surface area contributed by atoms with Crippen molar-refractivity contribution < 1.29 is 9.84 Å².